The Morgan fingerprint density at radius 2 is 2.08 bits per heavy atom. The van der Waals surface area contributed by atoms with Gasteiger partial charge in [-0.3, -0.25) is 4.79 Å². The van der Waals surface area contributed by atoms with E-state index in [9.17, 15) is 4.79 Å². The van der Waals surface area contributed by atoms with Crippen LogP contribution in [0.4, 0.5) is 0 Å². The van der Waals surface area contributed by atoms with Crippen LogP contribution in [0.1, 0.15) is 6.42 Å². The molecule has 1 fully saturated rings. The molecule has 1 heterocycles. The number of hydrogen-bond acceptors (Lipinski definition) is 2. The second-order valence-corrected chi connectivity index (χ2v) is 3.09. The van der Waals surface area contributed by atoms with Crippen LogP contribution in [0.3, 0.4) is 0 Å². The van der Waals surface area contributed by atoms with Gasteiger partial charge in [0, 0.05) is 19.6 Å². The second kappa shape index (κ2) is 4.13. The minimum Gasteiger partial charge on any atom is -0.331 e. The van der Waals surface area contributed by atoms with Gasteiger partial charge < -0.3 is 9.80 Å². The van der Waals surface area contributed by atoms with E-state index in [0.717, 1.165) is 32.6 Å². The van der Waals surface area contributed by atoms with Gasteiger partial charge in [0.05, 0.1) is 0 Å². The van der Waals surface area contributed by atoms with Crippen molar-refractivity contribution in [1.82, 2.24) is 9.80 Å². The zero-order valence-electron chi connectivity index (χ0n) is 7.42. The van der Waals surface area contributed by atoms with Gasteiger partial charge >= 0.3 is 0 Å². The summed E-state index contributed by atoms with van der Waals surface area (Å²) >= 11 is 0. The molecule has 1 aliphatic heterocycles. The maximum Gasteiger partial charge on any atom is 0.298 e. The van der Waals surface area contributed by atoms with Crippen LogP contribution in [0.2, 0.25) is 0 Å². The summed E-state index contributed by atoms with van der Waals surface area (Å²) in [6.07, 6.45) is 6.05. The van der Waals surface area contributed by atoms with Gasteiger partial charge in [0.2, 0.25) is 0 Å². The predicted molar refractivity (Wildman–Crippen MR) is 47.5 cm³/mol. The van der Waals surface area contributed by atoms with Crippen molar-refractivity contribution >= 4 is 5.91 Å². The molecular weight excluding hydrogens is 152 g/mol. The highest BCUT2D eigenvalue weighted by atomic mass is 16.2. The van der Waals surface area contributed by atoms with Crippen LogP contribution in [0.25, 0.3) is 0 Å². The Hall–Kier alpha value is -1.01. The highest BCUT2D eigenvalue weighted by molar-refractivity contribution is 5.92. The van der Waals surface area contributed by atoms with Crippen molar-refractivity contribution < 1.29 is 4.79 Å². The van der Waals surface area contributed by atoms with E-state index in [0.29, 0.717) is 0 Å². The lowest BCUT2D eigenvalue weighted by molar-refractivity contribution is -0.124. The van der Waals surface area contributed by atoms with E-state index in [4.69, 9.17) is 6.42 Å². The Morgan fingerprint density at radius 3 is 2.75 bits per heavy atom. The van der Waals surface area contributed by atoms with Crippen molar-refractivity contribution in [2.45, 2.75) is 6.42 Å². The molecule has 3 heteroatoms. The third-order valence-electron chi connectivity index (χ3n) is 2.13. The van der Waals surface area contributed by atoms with E-state index in [1.807, 2.05) is 0 Å². The summed E-state index contributed by atoms with van der Waals surface area (Å²) < 4.78 is 0. The minimum absolute atomic E-state index is 0.176. The lowest BCUT2D eigenvalue weighted by Gasteiger charge is -2.16. The number of likely N-dealkylation sites (N-methyl/N-ethyl adjacent to an activating group) is 1. The quantitative estimate of drug-likeness (QED) is 0.465. The molecular formula is C9H14N2O. The molecule has 12 heavy (non-hydrogen) atoms. The van der Waals surface area contributed by atoms with Gasteiger partial charge in [0.25, 0.3) is 5.91 Å². The fourth-order valence-corrected chi connectivity index (χ4v) is 1.34. The number of hydrogen-bond donors (Lipinski definition) is 0. The highest BCUT2D eigenvalue weighted by Crippen LogP contribution is 2.00. The first-order valence-electron chi connectivity index (χ1n) is 4.18. The van der Waals surface area contributed by atoms with E-state index in [2.05, 4.69) is 17.9 Å². The average molecular weight is 166 g/mol. The number of rotatable bonds is 0. The molecule has 0 aromatic carbocycles. The van der Waals surface area contributed by atoms with Crippen molar-refractivity contribution in [3.8, 4) is 12.3 Å². The Labute approximate surface area is 73.3 Å². The molecule has 1 aliphatic rings. The molecule has 0 unspecified atom stereocenters. The summed E-state index contributed by atoms with van der Waals surface area (Å²) in [6, 6.07) is 0. The smallest absolute Gasteiger partial charge is 0.298 e. The van der Waals surface area contributed by atoms with E-state index >= 15 is 0 Å². The first-order valence-corrected chi connectivity index (χ1v) is 4.18. The van der Waals surface area contributed by atoms with Gasteiger partial charge in [-0.15, -0.1) is 6.42 Å². The van der Waals surface area contributed by atoms with E-state index < -0.39 is 0 Å². The Kier molecular flexibility index (Phi) is 3.12. The van der Waals surface area contributed by atoms with Crippen LogP contribution in [0, 0.1) is 12.3 Å². The van der Waals surface area contributed by atoms with Crippen molar-refractivity contribution in [3.05, 3.63) is 0 Å². The van der Waals surface area contributed by atoms with E-state index in [1.54, 1.807) is 4.90 Å². The molecule has 0 bridgehead atoms. The van der Waals surface area contributed by atoms with Crippen molar-refractivity contribution in [2.75, 3.05) is 33.2 Å². The largest absolute Gasteiger partial charge is 0.331 e. The second-order valence-electron chi connectivity index (χ2n) is 3.09. The first kappa shape index (κ1) is 9.08. The number of carbonyl (C=O) groups excluding carboxylic acids is 1. The Balaban J connectivity index is 2.47. The minimum atomic E-state index is -0.176. The molecule has 0 spiro atoms. The van der Waals surface area contributed by atoms with Crippen molar-refractivity contribution in [1.29, 1.82) is 0 Å². The Bertz CT molecular complexity index is 207. The van der Waals surface area contributed by atoms with Crippen LogP contribution in [0.15, 0.2) is 0 Å². The van der Waals surface area contributed by atoms with E-state index in [-0.39, 0.29) is 5.91 Å². The summed E-state index contributed by atoms with van der Waals surface area (Å²) in [5.74, 6) is 1.97. The molecule has 0 saturated carbocycles. The van der Waals surface area contributed by atoms with Gasteiger partial charge in [-0.25, -0.2) is 0 Å². The summed E-state index contributed by atoms with van der Waals surface area (Å²) in [4.78, 5) is 15.0. The SMILES string of the molecule is C#CC(=O)N1CCCN(C)CC1. The molecule has 3 nitrogen and oxygen atoms in total. The van der Waals surface area contributed by atoms with Gasteiger partial charge in [-0.05, 0) is 25.9 Å². The average Bonchev–Trinajstić information content (AvgIpc) is 2.29. The van der Waals surface area contributed by atoms with Gasteiger partial charge in [-0.1, -0.05) is 0 Å². The number of nitrogens with zero attached hydrogens (tertiary/aromatic N) is 2. The highest BCUT2D eigenvalue weighted by Gasteiger charge is 2.14. The summed E-state index contributed by atoms with van der Waals surface area (Å²) in [5.41, 5.74) is 0. The maximum atomic E-state index is 11.1. The fraction of sp³-hybridized carbons (Fsp3) is 0.667. The molecule has 1 amide bonds. The molecule has 1 rings (SSSR count). The third-order valence-corrected chi connectivity index (χ3v) is 2.13. The van der Waals surface area contributed by atoms with Crippen molar-refractivity contribution in [2.24, 2.45) is 0 Å². The lowest BCUT2D eigenvalue weighted by Crippen LogP contribution is -2.33. The molecule has 0 radical (unpaired) electrons. The Morgan fingerprint density at radius 1 is 1.33 bits per heavy atom. The molecule has 0 aromatic rings. The molecule has 0 aromatic heterocycles. The number of amides is 1. The monoisotopic (exact) mass is 166 g/mol. The molecule has 66 valence electrons. The number of carbonyl (C=O) groups is 1. The summed E-state index contributed by atoms with van der Waals surface area (Å²) in [5, 5.41) is 0. The zero-order chi connectivity index (χ0) is 8.97. The van der Waals surface area contributed by atoms with Crippen LogP contribution in [0.5, 0.6) is 0 Å². The molecule has 0 aliphatic carbocycles. The van der Waals surface area contributed by atoms with Crippen LogP contribution >= 0.6 is 0 Å². The van der Waals surface area contributed by atoms with Gasteiger partial charge in [0.1, 0.15) is 0 Å². The van der Waals surface area contributed by atoms with Gasteiger partial charge in [-0.2, -0.15) is 0 Å². The zero-order valence-corrected chi connectivity index (χ0v) is 7.42. The number of terminal acetylenes is 1. The third kappa shape index (κ3) is 2.24. The van der Waals surface area contributed by atoms with Crippen molar-refractivity contribution in [3.63, 3.8) is 0 Å². The normalized spacial score (nSPS) is 19.8. The summed E-state index contributed by atoms with van der Waals surface area (Å²) in [6.45, 7) is 3.54. The van der Waals surface area contributed by atoms with Crippen LogP contribution in [-0.2, 0) is 4.79 Å². The first-order chi connectivity index (χ1) is 5.74. The fourth-order valence-electron chi connectivity index (χ4n) is 1.34. The lowest BCUT2D eigenvalue weighted by atomic mass is 10.4. The summed E-state index contributed by atoms with van der Waals surface area (Å²) in [7, 11) is 2.06. The predicted octanol–water partition coefficient (Wildman–Crippen LogP) is -0.216. The van der Waals surface area contributed by atoms with E-state index in [1.165, 1.54) is 0 Å². The molecule has 0 N–H and O–H groups in total. The maximum absolute atomic E-state index is 11.1. The molecule has 0 atom stereocenters. The van der Waals surface area contributed by atoms with Crippen LogP contribution in [-0.4, -0.2) is 48.9 Å². The topological polar surface area (TPSA) is 23.6 Å². The molecule has 1 saturated heterocycles. The van der Waals surface area contributed by atoms with Gasteiger partial charge in [0.15, 0.2) is 0 Å². The van der Waals surface area contributed by atoms with Crippen LogP contribution < -0.4 is 0 Å². The standard InChI is InChI=1S/C9H14N2O/c1-3-9(12)11-6-4-5-10(2)7-8-11/h1H,4-8H2,2H3.